The predicted molar refractivity (Wildman–Crippen MR) is 46.7 cm³/mol. The second-order valence-corrected chi connectivity index (χ2v) is 4.12. The molecule has 0 bridgehead atoms. The third-order valence-electron chi connectivity index (χ3n) is 1.11. The van der Waals surface area contributed by atoms with Crippen molar-refractivity contribution in [2.75, 3.05) is 19.8 Å². The molecular formula is C6H9F4IO2. The molecule has 0 saturated heterocycles. The normalized spacial score (nSPS) is 15.0. The van der Waals surface area contributed by atoms with Gasteiger partial charge in [-0.3, -0.25) is 0 Å². The van der Waals surface area contributed by atoms with E-state index in [2.05, 4.69) is 4.74 Å². The van der Waals surface area contributed by atoms with Crippen molar-refractivity contribution in [1.29, 1.82) is 0 Å². The van der Waals surface area contributed by atoms with E-state index in [0.29, 0.717) is 0 Å². The molecule has 1 N–H and O–H groups in total. The van der Waals surface area contributed by atoms with Gasteiger partial charge in [0.15, 0.2) is 0 Å². The fraction of sp³-hybridized carbons (Fsp3) is 1.00. The van der Waals surface area contributed by atoms with E-state index in [1.54, 1.807) is 22.6 Å². The first-order chi connectivity index (χ1) is 5.90. The lowest BCUT2D eigenvalue weighted by molar-refractivity contribution is -0.165. The third kappa shape index (κ3) is 5.63. The van der Waals surface area contributed by atoms with E-state index in [0.717, 1.165) is 0 Å². The number of aliphatic hydroxyl groups excluding tert-OH is 1. The van der Waals surface area contributed by atoms with Gasteiger partial charge in [0.2, 0.25) is 0 Å². The van der Waals surface area contributed by atoms with Crippen molar-refractivity contribution in [3.8, 4) is 0 Å². The molecule has 7 heteroatoms. The molecule has 0 aliphatic heterocycles. The molecule has 0 rings (SSSR count). The number of hydrogen-bond acceptors (Lipinski definition) is 2. The summed E-state index contributed by atoms with van der Waals surface area (Å²) in [5, 5.41) is 8.45. The largest absolute Gasteiger partial charge is 0.395 e. The number of aliphatic hydroxyl groups is 1. The van der Waals surface area contributed by atoms with E-state index in [1.165, 1.54) is 0 Å². The van der Waals surface area contributed by atoms with E-state index < -0.39 is 19.0 Å². The Morgan fingerprint density at radius 3 is 2.31 bits per heavy atom. The Kier molecular flexibility index (Phi) is 6.14. The Bertz CT molecular complexity index is 145. The molecule has 0 radical (unpaired) electrons. The summed E-state index contributed by atoms with van der Waals surface area (Å²) in [4.78, 5) is 0. The van der Waals surface area contributed by atoms with Gasteiger partial charge in [0.1, 0.15) is 6.61 Å². The minimum Gasteiger partial charge on any atom is -0.395 e. The molecule has 13 heavy (non-hydrogen) atoms. The van der Waals surface area contributed by atoms with Crippen molar-refractivity contribution in [1.82, 2.24) is 0 Å². The number of rotatable bonds is 6. The molecule has 0 aromatic rings. The molecule has 80 valence electrons. The zero-order chi connectivity index (χ0) is 10.5. The average Bonchev–Trinajstić information content (AvgIpc) is 2.03. The molecule has 0 aliphatic carbocycles. The number of alkyl halides is 5. The van der Waals surface area contributed by atoms with Crippen LogP contribution in [-0.4, -0.2) is 41.2 Å². The maximum atomic E-state index is 12.2. The van der Waals surface area contributed by atoms with Crippen molar-refractivity contribution in [2.45, 2.75) is 16.3 Å². The monoisotopic (exact) mass is 316 g/mol. The summed E-state index contributed by atoms with van der Waals surface area (Å²) in [6.45, 7) is -1.72. The van der Waals surface area contributed by atoms with Gasteiger partial charge in [0.05, 0.1) is 17.1 Å². The highest BCUT2D eigenvalue weighted by Gasteiger charge is 2.40. The van der Waals surface area contributed by atoms with E-state index in [1.807, 2.05) is 0 Å². The molecule has 0 aromatic carbocycles. The SMILES string of the molecule is OCC(I)COCC(F)(F)C(F)F. The highest BCUT2D eigenvalue weighted by molar-refractivity contribution is 14.1. The summed E-state index contributed by atoms with van der Waals surface area (Å²) in [7, 11) is 0. The van der Waals surface area contributed by atoms with Crippen LogP contribution in [0.2, 0.25) is 0 Å². The van der Waals surface area contributed by atoms with Crippen LogP contribution in [0.25, 0.3) is 0 Å². The van der Waals surface area contributed by atoms with Gasteiger partial charge in [-0.15, -0.1) is 0 Å². The van der Waals surface area contributed by atoms with Gasteiger partial charge in [-0.05, 0) is 0 Å². The molecule has 1 atom stereocenters. The van der Waals surface area contributed by atoms with Gasteiger partial charge in [-0.2, -0.15) is 8.78 Å². The second-order valence-electron chi connectivity index (χ2n) is 2.36. The van der Waals surface area contributed by atoms with Crippen LogP contribution in [0.3, 0.4) is 0 Å². The number of ether oxygens (including phenoxy) is 1. The van der Waals surface area contributed by atoms with Crippen molar-refractivity contribution in [3.63, 3.8) is 0 Å². The van der Waals surface area contributed by atoms with E-state index in [4.69, 9.17) is 5.11 Å². The predicted octanol–water partition coefficient (Wildman–Crippen LogP) is 1.70. The Morgan fingerprint density at radius 2 is 1.92 bits per heavy atom. The van der Waals surface area contributed by atoms with Crippen LogP contribution >= 0.6 is 22.6 Å². The first kappa shape index (κ1) is 13.4. The molecular weight excluding hydrogens is 307 g/mol. The molecule has 0 fully saturated rings. The fourth-order valence-electron chi connectivity index (χ4n) is 0.439. The topological polar surface area (TPSA) is 29.5 Å². The Morgan fingerprint density at radius 1 is 1.38 bits per heavy atom. The lowest BCUT2D eigenvalue weighted by Crippen LogP contribution is -2.33. The number of hydrogen-bond donors (Lipinski definition) is 1. The Hall–Kier alpha value is 0.370. The Labute approximate surface area is 86.4 Å². The molecule has 0 aromatic heterocycles. The first-order valence-corrected chi connectivity index (χ1v) is 4.63. The van der Waals surface area contributed by atoms with Crippen LogP contribution < -0.4 is 0 Å². The molecule has 1 unspecified atom stereocenters. The summed E-state index contributed by atoms with van der Waals surface area (Å²) in [5.41, 5.74) is 0. The molecule has 0 spiro atoms. The zero-order valence-electron chi connectivity index (χ0n) is 6.52. The van der Waals surface area contributed by atoms with Crippen LogP contribution in [0, 0.1) is 0 Å². The highest BCUT2D eigenvalue weighted by Crippen LogP contribution is 2.22. The second kappa shape index (κ2) is 5.97. The fourth-order valence-corrected chi connectivity index (χ4v) is 0.693. The van der Waals surface area contributed by atoms with Gasteiger partial charge in [-0.1, -0.05) is 22.6 Å². The zero-order valence-corrected chi connectivity index (χ0v) is 8.68. The van der Waals surface area contributed by atoms with E-state index >= 15 is 0 Å². The van der Waals surface area contributed by atoms with Gasteiger partial charge in [-0.25, -0.2) is 8.78 Å². The van der Waals surface area contributed by atoms with E-state index in [9.17, 15) is 17.6 Å². The highest BCUT2D eigenvalue weighted by atomic mass is 127. The summed E-state index contributed by atoms with van der Waals surface area (Å²) in [6, 6.07) is 0. The van der Waals surface area contributed by atoms with Crippen molar-refractivity contribution in [2.24, 2.45) is 0 Å². The van der Waals surface area contributed by atoms with Crippen LogP contribution in [0.1, 0.15) is 0 Å². The van der Waals surface area contributed by atoms with Crippen LogP contribution in [-0.2, 0) is 4.74 Å². The minimum absolute atomic E-state index is 0.167. The minimum atomic E-state index is -4.11. The van der Waals surface area contributed by atoms with Crippen molar-refractivity contribution >= 4 is 22.6 Å². The summed E-state index contributed by atoms with van der Waals surface area (Å²) >= 11 is 1.77. The van der Waals surface area contributed by atoms with E-state index in [-0.39, 0.29) is 17.1 Å². The molecule has 0 aliphatic rings. The van der Waals surface area contributed by atoms with Crippen LogP contribution in [0.15, 0.2) is 0 Å². The number of halogens is 5. The lowest BCUT2D eigenvalue weighted by atomic mass is 10.4. The average molecular weight is 316 g/mol. The maximum absolute atomic E-state index is 12.2. The Balaban J connectivity index is 3.63. The quantitative estimate of drug-likeness (QED) is 0.459. The summed E-state index contributed by atoms with van der Waals surface area (Å²) in [5.74, 6) is -4.11. The van der Waals surface area contributed by atoms with Crippen LogP contribution in [0.5, 0.6) is 0 Å². The summed E-state index contributed by atoms with van der Waals surface area (Å²) < 4.78 is 51.4. The van der Waals surface area contributed by atoms with Crippen molar-refractivity contribution < 1.29 is 27.4 Å². The lowest BCUT2D eigenvalue weighted by Gasteiger charge is -2.16. The smallest absolute Gasteiger partial charge is 0.330 e. The van der Waals surface area contributed by atoms with Gasteiger partial charge >= 0.3 is 12.3 Å². The molecule has 0 saturated carbocycles. The van der Waals surface area contributed by atoms with Gasteiger partial charge in [0.25, 0.3) is 0 Å². The summed E-state index contributed by atoms with van der Waals surface area (Å²) in [6.07, 6.45) is -3.71. The standard InChI is InChI=1S/C6H9F4IO2/c7-5(8)6(9,10)3-13-2-4(11)1-12/h4-5,12H,1-3H2. The molecule has 0 amide bonds. The maximum Gasteiger partial charge on any atom is 0.330 e. The van der Waals surface area contributed by atoms with Gasteiger partial charge in [0, 0.05) is 0 Å². The third-order valence-corrected chi connectivity index (χ3v) is 1.86. The van der Waals surface area contributed by atoms with Crippen molar-refractivity contribution in [3.05, 3.63) is 0 Å². The molecule has 2 nitrogen and oxygen atoms in total. The first-order valence-electron chi connectivity index (χ1n) is 3.38. The van der Waals surface area contributed by atoms with Crippen LogP contribution in [0.4, 0.5) is 17.6 Å². The molecule has 0 heterocycles. The van der Waals surface area contributed by atoms with Gasteiger partial charge < -0.3 is 9.84 Å².